The Balaban J connectivity index is 1.76. The summed E-state index contributed by atoms with van der Waals surface area (Å²) in [6, 6.07) is 8.34. The summed E-state index contributed by atoms with van der Waals surface area (Å²) in [5.74, 6) is 0. The number of nitrogens with zero attached hydrogens (tertiary/aromatic N) is 1. The van der Waals surface area contributed by atoms with Gasteiger partial charge in [0.1, 0.15) is 0 Å². The van der Waals surface area contributed by atoms with Crippen molar-refractivity contribution in [2.45, 2.75) is 26.0 Å². The number of benzene rings is 1. The van der Waals surface area contributed by atoms with Gasteiger partial charge in [0.15, 0.2) is 0 Å². The molecule has 0 radical (unpaired) electrons. The third-order valence-electron chi connectivity index (χ3n) is 3.31. The fraction of sp³-hybridized carbons (Fsp3) is 0.571. The van der Waals surface area contributed by atoms with Crippen LogP contribution in [0.3, 0.4) is 0 Å². The zero-order valence-electron chi connectivity index (χ0n) is 11.0. The van der Waals surface area contributed by atoms with Gasteiger partial charge in [0, 0.05) is 36.4 Å². The van der Waals surface area contributed by atoms with E-state index in [1.807, 2.05) is 24.3 Å². The molecule has 18 heavy (non-hydrogen) atoms. The van der Waals surface area contributed by atoms with Crippen LogP contribution in [-0.4, -0.2) is 43.3 Å². The van der Waals surface area contributed by atoms with Crippen LogP contribution in [0.5, 0.6) is 0 Å². The molecule has 0 amide bonds. The lowest BCUT2D eigenvalue weighted by molar-refractivity contribution is -0.0476. The molecule has 3 nitrogen and oxygen atoms in total. The molecule has 1 aromatic rings. The molecule has 4 heteroatoms. The number of anilines is 1. The topological polar surface area (TPSA) is 24.5 Å². The van der Waals surface area contributed by atoms with Crippen LogP contribution in [0, 0.1) is 0 Å². The van der Waals surface area contributed by atoms with E-state index in [4.69, 9.17) is 16.3 Å². The predicted octanol–water partition coefficient (Wildman–Crippen LogP) is 2.86. The summed E-state index contributed by atoms with van der Waals surface area (Å²) in [5, 5.41) is 4.19. The molecule has 1 aromatic carbocycles. The first-order valence-electron chi connectivity index (χ1n) is 6.50. The lowest BCUT2D eigenvalue weighted by Gasteiger charge is -2.36. The second-order valence-corrected chi connectivity index (χ2v) is 5.36. The number of morpholine rings is 1. The Morgan fingerprint density at radius 3 is 2.78 bits per heavy atom. The Morgan fingerprint density at radius 2 is 2.06 bits per heavy atom. The van der Waals surface area contributed by atoms with Gasteiger partial charge in [-0.2, -0.15) is 0 Å². The zero-order valence-corrected chi connectivity index (χ0v) is 11.8. The summed E-state index contributed by atoms with van der Waals surface area (Å²) < 4.78 is 5.62. The van der Waals surface area contributed by atoms with E-state index in [0.29, 0.717) is 12.1 Å². The average Bonchev–Trinajstić information content (AvgIpc) is 2.36. The summed E-state index contributed by atoms with van der Waals surface area (Å²) in [4.78, 5) is 2.47. The summed E-state index contributed by atoms with van der Waals surface area (Å²) in [7, 11) is 0. The second kappa shape index (κ2) is 6.41. The van der Waals surface area contributed by atoms with E-state index in [0.717, 1.165) is 37.0 Å². The van der Waals surface area contributed by atoms with E-state index in [1.54, 1.807) is 0 Å². The molecule has 100 valence electrons. The number of nitrogens with one attached hydrogen (secondary N) is 1. The Morgan fingerprint density at radius 1 is 1.33 bits per heavy atom. The molecule has 1 heterocycles. The number of ether oxygens (including phenoxy) is 1. The van der Waals surface area contributed by atoms with Gasteiger partial charge in [0.2, 0.25) is 0 Å². The van der Waals surface area contributed by atoms with Crippen LogP contribution in [0.4, 0.5) is 5.69 Å². The molecule has 0 aliphatic carbocycles. The highest BCUT2D eigenvalue weighted by Crippen LogP contribution is 2.14. The van der Waals surface area contributed by atoms with E-state index in [2.05, 4.69) is 24.1 Å². The molecule has 1 aliphatic rings. The maximum atomic E-state index is 5.85. The predicted molar refractivity (Wildman–Crippen MR) is 76.4 cm³/mol. The maximum Gasteiger partial charge on any atom is 0.0674 e. The van der Waals surface area contributed by atoms with Crippen LogP contribution in [0.25, 0.3) is 0 Å². The largest absolute Gasteiger partial charge is 0.384 e. The molecule has 0 spiro atoms. The standard InChI is InChI=1S/C14H21ClN2O/c1-11-10-18-12(2)9-17(11)8-7-16-14-5-3-13(15)4-6-14/h3-6,11-12,16H,7-10H2,1-2H3. The quantitative estimate of drug-likeness (QED) is 0.909. The highest BCUT2D eigenvalue weighted by atomic mass is 35.5. The first kappa shape index (κ1) is 13.7. The van der Waals surface area contributed by atoms with E-state index < -0.39 is 0 Å². The van der Waals surface area contributed by atoms with Gasteiger partial charge >= 0.3 is 0 Å². The smallest absolute Gasteiger partial charge is 0.0674 e. The molecule has 0 aromatic heterocycles. The van der Waals surface area contributed by atoms with Crippen LogP contribution in [0.1, 0.15) is 13.8 Å². The third-order valence-corrected chi connectivity index (χ3v) is 3.56. The molecule has 2 rings (SSSR count). The molecule has 2 unspecified atom stereocenters. The van der Waals surface area contributed by atoms with Crippen molar-refractivity contribution >= 4 is 17.3 Å². The monoisotopic (exact) mass is 268 g/mol. The lowest BCUT2D eigenvalue weighted by atomic mass is 10.2. The maximum absolute atomic E-state index is 5.85. The average molecular weight is 269 g/mol. The summed E-state index contributed by atoms with van der Waals surface area (Å²) in [6.07, 6.45) is 0.344. The normalized spacial score (nSPS) is 25.1. The van der Waals surface area contributed by atoms with Crippen molar-refractivity contribution in [2.24, 2.45) is 0 Å². The minimum Gasteiger partial charge on any atom is -0.384 e. The van der Waals surface area contributed by atoms with E-state index >= 15 is 0 Å². The molecule has 1 N–H and O–H groups in total. The fourth-order valence-corrected chi connectivity index (χ4v) is 2.32. The van der Waals surface area contributed by atoms with Crippen molar-refractivity contribution in [3.8, 4) is 0 Å². The molecule has 1 aliphatic heterocycles. The van der Waals surface area contributed by atoms with Crippen molar-refractivity contribution in [1.82, 2.24) is 4.90 Å². The van der Waals surface area contributed by atoms with Crippen LogP contribution in [-0.2, 0) is 4.74 Å². The Kier molecular flexibility index (Phi) is 4.87. The van der Waals surface area contributed by atoms with Gasteiger partial charge in [-0.1, -0.05) is 11.6 Å². The summed E-state index contributed by atoms with van der Waals surface area (Å²) in [6.45, 7) is 8.18. The van der Waals surface area contributed by atoms with Gasteiger partial charge in [-0.25, -0.2) is 0 Å². The van der Waals surface area contributed by atoms with Crippen LogP contribution < -0.4 is 5.32 Å². The van der Waals surface area contributed by atoms with Gasteiger partial charge < -0.3 is 10.1 Å². The number of hydrogen-bond acceptors (Lipinski definition) is 3. The van der Waals surface area contributed by atoms with Gasteiger partial charge in [0.05, 0.1) is 12.7 Å². The third kappa shape index (κ3) is 3.87. The molecular formula is C14H21ClN2O. The highest BCUT2D eigenvalue weighted by Gasteiger charge is 2.22. The van der Waals surface area contributed by atoms with Crippen molar-refractivity contribution in [3.05, 3.63) is 29.3 Å². The minimum atomic E-state index is 0.344. The van der Waals surface area contributed by atoms with Crippen LogP contribution >= 0.6 is 11.6 Å². The summed E-state index contributed by atoms with van der Waals surface area (Å²) >= 11 is 5.85. The van der Waals surface area contributed by atoms with Crippen molar-refractivity contribution < 1.29 is 4.74 Å². The molecular weight excluding hydrogens is 248 g/mol. The zero-order chi connectivity index (χ0) is 13.0. The minimum absolute atomic E-state index is 0.344. The lowest BCUT2D eigenvalue weighted by Crippen LogP contribution is -2.48. The molecule has 1 fully saturated rings. The van der Waals surface area contributed by atoms with Crippen molar-refractivity contribution in [2.75, 3.05) is 31.6 Å². The molecule has 0 bridgehead atoms. The first-order chi connectivity index (χ1) is 8.65. The Hall–Kier alpha value is -0.770. The van der Waals surface area contributed by atoms with E-state index in [-0.39, 0.29) is 0 Å². The second-order valence-electron chi connectivity index (χ2n) is 4.92. The van der Waals surface area contributed by atoms with E-state index in [1.165, 1.54) is 0 Å². The Bertz CT molecular complexity index is 369. The van der Waals surface area contributed by atoms with Gasteiger partial charge in [-0.15, -0.1) is 0 Å². The van der Waals surface area contributed by atoms with Crippen molar-refractivity contribution in [1.29, 1.82) is 0 Å². The van der Waals surface area contributed by atoms with Gasteiger partial charge in [-0.3, -0.25) is 4.90 Å². The van der Waals surface area contributed by atoms with Crippen LogP contribution in [0.15, 0.2) is 24.3 Å². The summed E-state index contributed by atoms with van der Waals surface area (Å²) in [5.41, 5.74) is 1.12. The number of hydrogen-bond donors (Lipinski definition) is 1. The number of halogens is 1. The molecule has 0 saturated carbocycles. The molecule has 2 atom stereocenters. The number of rotatable bonds is 4. The first-order valence-corrected chi connectivity index (χ1v) is 6.88. The SMILES string of the molecule is CC1CN(CCNc2ccc(Cl)cc2)C(C)CO1. The van der Waals surface area contributed by atoms with E-state index in [9.17, 15) is 0 Å². The van der Waals surface area contributed by atoms with Crippen LogP contribution in [0.2, 0.25) is 5.02 Å². The fourth-order valence-electron chi connectivity index (χ4n) is 2.20. The highest BCUT2D eigenvalue weighted by molar-refractivity contribution is 6.30. The Labute approximate surface area is 114 Å². The van der Waals surface area contributed by atoms with Gasteiger partial charge in [0.25, 0.3) is 0 Å². The molecule has 1 saturated heterocycles. The van der Waals surface area contributed by atoms with Gasteiger partial charge in [-0.05, 0) is 38.1 Å². The van der Waals surface area contributed by atoms with Crippen molar-refractivity contribution in [3.63, 3.8) is 0 Å².